The summed E-state index contributed by atoms with van der Waals surface area (Å²) in [5.74, 6) is 6.64. The zero-order valence-corrected chi connectivity index (χ0v) is 11.2. The van der Waals surface area contributed by atoms with Gasteiger partial charge >= 0.3 is 0 Å². The Balaban J connectivity index is 2.24. The van der Waals surface area contributed by atoms with Crippen LogP contribution in [-0.2, 0) is 0 Å². The van der Waals surface area contributed by atoms with E-state index in [4.69, 9.17) is 10.3 Å². The van der Waals surface area contributed by atoms with Gasteiger partial charge in [0.05, 0.1) is 16.8 Å². The van der Waals surface area contributed by atoms with Gasteiger partial charge in [-0.1, -0.05) is 26.2 Å². The Morgan fingerprint density at radius 1 is 1.44 bits per heavy atom. The molecule has 3 nitrogen and oxygen atoms in total. The van der Waals surface area contributed by atoms with E-state index in [-0.39, 0.29) is 11.5 Å². The smallest absolute Gasteiger partial charge is 0.136 e. The molecule has 3 N–H and O–H groups in total. The first-order valence-corrected chi connectivity index (χ1v) is 6.66. The normalized spacial score (nSPS) is 21.9. The number of hydrogen-bond acceptors (Lipinski definition) is 3. The summed E-state index contributed by atoms with van der Waals surface area (Å²) in [7, 11) is 0. The fraction of sp³-hybridized carbons (Fsp3) is 0.667. The number of nitrogens with one attached hydrogen (secondary N) is 1. The molecule has 0 aliphatic heterocycles. The van der Waals surface area contributed by atoms with Crippen LogP contribution in [0.4, 0.5) is 0 Å². The van der Waals surface area contributed by atoms with Gasteiger partial charge in [0, 0.05) is 0 Å². The second-order valence-electron chi connectivity index (χ2n) is 4.95. The largest absolute Gasteiger partial charge is 0.466 e. The van der Waals surface area contributed by atoms with Crippen molar-refractivity contribution in [2.24, 2.45) is 11.3 Å². The van der Waals surface area contributed by atoms with Gasteiger partial charge < -0.3 is 4.42 Å². The Hall–Kier alpha value is -0.320. The van der Waals surface area contributed by atoms with Crippen molar-refractivity contribution in [2.45, 2.75) is 45.1 Å². The summed E-state index contributed by atoms with van der Waals surface area (Å²) in [5, 5.41) is 0. The number of hydrogen-bond donors (Lipinski definition) is 2. The molecule has 1 unspecified atom stereocenters. The van der Waals surface area contributed by atoms with Gasteiger partial charge in [0.15, 0.2) is 0 Å². The molecule has 1 fully saturated rings. The predicted molar refractivity (Wildman–Crippen MR) is 67.7 cm³/mol. The van der Waals surface area contributed by atoms with Crippen molar-refractivity contribution in [3.63, 3.8) is 0 Å². The third-order valence-corrected chi connectivity index (χ3v) is 4.42. The van der Waals surface area contributed by atoms with E-state index in [9.17, 15) is 0 Å². The number of halogens is 1. The third-order valence-electron chi connectivity index (χ3n) is 3.77. The van der Waals surface area contributed by atoms with Crippen molar-refractivity contribution in [2.75, 3.05) is 0 Å². The van der Waals surface area contributed by atoms with E-state index in [1.54, 1.807) is 6.26 Å². The number of furan rings is 1. The molecular weight excluding hydrogens is 268 g/mol. The average molecular weight is 287 g/mol. The van der Waals surface area contributed by atoms with Crippen LogP contribution < -0.4 is 11.3 Å². The van der Waals surface area contributed by atoms with Crippen LogP contribution in [0.5, 0.6) is 0 Å². The van der Waals surface area contributed by atoms with Crippen LogP contribution in [0.15, 0.2) is 21.2 Å². The van der Waals surface area contributed by atoms with Crippen LogP contribution in [0.1, 0.15) is 50.8 Å². The second-order valence-corrected chi connectivity index (χ2v) is 5.80. The summed E-state index contributed by atoms with van der Waals surface area (Å²) in [6.07, 6.45) is 8.02. The van der Waals surface area contributed by atoms with Crippen LogP contribution in [0.3, 0.4) is 0 Å². The highest BCUT2D eigenvalue weighted by atomic mass is 79.9. The van der Waals surface area contributed by atoms with Crippen molar-refractivity contribution < 1.29 is 4.42 Å². The molecule has 16 heavy (non-hydrogen) atoms. The molecule has 1 aliphatic rings. The summed E-state index contributed by atoms with van der Waals surface area (Å²) in [5.41, 5.74) is 3.13. The fourth-order valence-corrected chi connectivity index (χ4v) is 3.18. The molecule has 1 aromatic rings. The molecule has 4 heteroatoms. The summed E-state index contributed by atoms with van der Waals surface area (Å²) in [6, 6.07) is 2.02. The van der Waals surface area contributed by atoms with Crippen LogP contribution in [0.25, 0.3) is 0 Å². The van der Waals surface area contributed by atoms with Crippen molar-refractivity contribution in [1.29, 1.82) is 0 Å². The van der Waals surface area contributed by atoms with Crippen LogP contribution in [0, 0.1) is 5.41 Å². The molecule has 1 aromatic heterocycles. The second kappa shape index (κ2) is 4.90. The minimum absolute atomic E-state index is 0.0946. The zero-order valence-electron chi connectivity index (χ0n) is 9.63. The molecule has 0 bridgehead atoms. The first-order valence-electron chi connectivity index (χ1n) is 5.86. The van der Waals surface area contributed by atoms with E-state index in [1.165, 1.54) is 32.1 Å². The average Bonchev–Trinajstić information content (AvgIpc) is 2.67. The maximum atomic E-state index is 5.72. The summed E-state index contributed by atoms with van der Waals surface area (Å²) >= 11 is 3.51. The number of nitrogens with two attached hydrogens (primary N) is 1. The SMILES string of the molecule is CC1(C(NN)c2occc2Br)CCCCC1. The quantitative estimate of drug-likeness (QED) is 0.660. The standard InChI is InChI=1S/C12H19BrN2O/c1-12(6-3-2-4-7-12)11(15-14)10-9(13)5-8-16-10/h5,8,11,15H,2-4,6-7,14H2,1H3. The fourth-order valence-electron chi connectivity index (χ4n) is 2.75. The lowest BCUT2D eigenvalue weighted by atomic mass is 9.70. The first-order chi connectivity index (χ1) is 7.67. The van der Waals surface area contributed by atoms with E-state index in [0.717, 1.165) is 10.2 Å². The molecule has 2 rings (SSSR count). The van der Waals surface area contributed by atoms with Crippen LogP contribution in [0.2, 0.25) is 0 Å². The van der Waals surface area contributed by atoms with E-state index >= 15 is 0 Å². The van der Waals surface area contributed by atoms with Gasteiger partial charge in [0.1, 0.15) is 5.76 Å². The highest BCUT2D eigenvalue weighted by Crippen LogP contribution is 2.46. The Morgan fingerprint density at radius 3 is 2.62 bits per heavy atom. The zero-order chi connectivity index (χ0) is 11.6. The summed E-state index contributed by atoms with van der Waals surface area (Å²) < 4.78 is 6.55. The van der Waals surface area contributed by atoms with Crippen LogP contribution in [-0.4, -0.2) is 0 Å². The van der Waals surface area contributed by atoms with Gasteiger partial charge in [-0.2, -0.15) is 0 Å². The Morgan fingerprint density at radius 2 is 2.12 bits per heavy atom. The first kappa shape index (κ1) is 12.1. The summed E-state index contributed by atoms with van der Waals surface area (Å²) in [4.78, 5) is 0. The molecule has 1 aliphatic carbocycles. The number of hydrazine groups is 1. The van der Waals surface area contributed by atoms with Gasteiger partial charge in [-0.3, -0.25) is 5.84 Å². The van der Waals surface area contributed by atoms with Gasteiger partial charge in [-0.15, -0.1) is 0 Å². The van der Waals surface area contributed by atoms with E-state index < -0.39 is 0 Å². The van der Waals surface area contributed by atoms with Gasteiger partial charge in [-0.05, 0) is 40.3 Å². The number of rotatable bonds is 3. The minimum atomic E-state index is 0.0946. The lowest BCUT2D eigenvalue weighted by Gasteiger charge is -2.39. The Labute approximate surface area is 105 Å². The maximum absolute atomic E-state index is 5.72. The van der Waals surface area contributed by atoms with E-state index in [0.29, 0.717) is 0 Å². The van der Waals surface area contributed by atoms with Gasteiger partial charge in [-0.25, -0.2) is 5.43 Å². The van der Waals surface area contributed by atoms with E-state index in [1.807, 2.05) is 6.07 Å². The topological polar surface area (TPSA) is 51.2 Å². The maximum Gasteiger partial charge on any atom is 0.136 e. The van der Waals surface area contributed by atoms with Crippen molar-refractivity contribution in [3.8, 4) is 0 Å². The van der Waals surface area contributed by atoms with Crippen LogP contribution >= 0.6 is 15.9 Å². The molecule has 0 amide bonds. The lowest BCUT2D eigenvalue weighted by Crippen LogP contribution is -2.41. The molecule has 1 heterocycles. The van der Waals surface area contributed by atoms with Crippen molar-refractivity contribution in [1.82, 2.24) is 5.43 Å². The molecule has 0 saturated heterocycles. The minimum Gasteiger partial charge on any atom is -0.466 e. The summed E-state index contributed by atoms with van der Waals surface area (Å²) in [6.45, 7) is 2.30. The lowest BCUT2D eigenvalue weighted by molar-refractivity contribution is 0.128. The van der Waals surface area contributed by atoms with Crippen molar-refractivity contribution >= 4 is 15.9 Å². The molecule has 0 radical (unpaired) electrons. The predicted octanol–water partition coefficient (Wildman–Crippen LogP) is 3.52. The van der Waals surface area contributed by atoms with Crippen molar-refractivity contribution in [3.05, 3.63) is 22.6 Å². The monoisotopic (exact) mass is 286 g/mol. The molecule has 1 atom stereocenters. The van der Waals surface area contributed by atoms with Gasteiger partial charge in [0.25, 0.3) is 0 Å². The molecule has 0 aromatic carbocycles. The van der Waals surface area contributed by atoms with Gasteiger partial charge in [0.2, 0.25) is 0 Å². The van der Waals surface area contributed by atoms with E-state index in [2.05, 4.69) is 28.3 Å². The third kappa shape index (κ3) is 2.19. The Kier molecular flexibility index (Phi) is 3.72. The molecule has 1 saturated carbocycles. The molecule has 0 spiro atoms. The molecule has 90 valence electrons. The Bertz CT molecular complexity index is 345. The highest BCUT2D eigenvalue weighted by molar-refractivity contribution is 9.10. The highest BCUT2D eigenvalue weighted by Gasteiger charge is 2.38. The molecular formula is C12H19BrN2O.